The summed E-state index contributed by atoms with van der Waals surface area (Å²) in [6.07, 6.45) is 1.71. The molecule has 3 aromatic rings. The van der Waals surface area contributed by atoms with Crippen molar-refractivity contribution in [3.05, 3.63) is 76.5 Å². The van der Waals surface area contributed by atoms with Crippen LogP contribution in [0.15, 0.2) is 79.9 Å². The van der Waals surface area contributed by atoms with Crippen molar-refractivity contribution in [3.8, 4) is 0 Å². The minimum Gasteiger partial charge on any atom is -0.440 e. The minimum absolute atomic E-state index is 0.0914. The van der Waals surface area contributed by atoms with E-state index in [9.17, 15) is 10.1 Å². The molecule has 29 heavy (non-hydrogen) atoms. The van der Waals surface area contributed by atoms with Crippen molar-refractivity contribution in [1.29, 1.82) is 0 Å². The second-order valence-electron chi connectivity index (χ2n) is 6.38. The number of morpholine rings is 1. The van der Waals surface area contributed by atoms with Gasteiger partial charge in [-0.2, -0.15) is 0 Å². The average molecular weight is 409 g/mol. The fourth-order valence-electron chi connectivity index (χ4n) is 2.88. The monoisotopic (exact) mass is 409 g/mol. The molecular weight excluding hydrogens is 390 g/mol. The first-order chi connectivity index (χ1) is 14.2. The van der Waals surface area contributed by atoms with Crippen molar-refractivity contribution in [2.24, 2.45) is 4.99 Å². The van der Waals surface area contributed by atoms with Gasteiger partial charge in [-0.1, -0.05) is 11.8 Å². The second-order valence-corrected chi connectivity index (χ2v) is 7.53. The molecule has 0 N–H and O–H groups in total. The Hall–Kier alpha value is -3.10. The van der Waals surface area contributed by atoms with Crippen LogP contribution in [0.3, 0.4) is 0 Å². The summed E-state index contributed by atoms with van der Waals surface area (Å²) in [5.41, 5.74) is 0.913. The summed E-state index contributed by atoms with van der Waals surface area (Å²) in [5, 5.41) is 10.7. The van der Waals surface area contributed by atoms with Gasteiger partial charge in [0.15, 0.2) is 5.88 Å². The SMILES string of the molecule is O=[N+]([O-])c1ccc(Sc2ccc(N=Cc3ccc(N4CCOCC4)o3)cc2)cc1. The van der Waals surface area contributed by atoms with Crippen LogP contribution in [0, 0.1) is 10.1 Å². The van der Waals surface area contributed by atoms with E-state index < -0.39 is 4.92 Å². The largest absolute Gasteiger partial charge is 0.440 e. The molecule has 1 aliphatic rings. The van der Waals surface area contributed by atoms with Crippen molar-refractivity contribution >= 4 is 35.2 Å². The minimum atomic E-state index is -0.399. The van der Waals surface area contributed by atoms with Crippen LogP contribution in [0.4, 0.5) is 17.3 Å². The topological polar surface area (TPSA) is 81.1 Å². The van der Waals surface area contributed by atoms with Crippen LogP contribution in [0.5, 0.6) is 0 Å². The number of hydrogen-bond acceptors (Lipinski definition) is 7. The molecule has 2 heterocycles. The fraction of sp³-hybridized carbons (Fsp3) is 0.190. The van der Waals surface area contributed by atoms with Gasteiger partial charge in [0, 0.05) is 41.1 Å². The molecule has 0 saturated carbocycles. The lowest BCUT2D eigenvalue weighted by Gasteiger charge is -2.26. The van der Waals surface area contributed by atoms with Crippen LogP contribution >= 0.6 is 11.8 Å². The van der Waals surface area contributed by atoms with Gasteiger partial charge in [0.2, 0.25) is 0 Å². The highest BCUT2D eigenvalue weighted by Gasteiger charge is 2.14. The number of furan rings is 1. The molecule has 0 aliphatic carbocycles. The quantitative estimate of drug-likeness (QED) is 0.326. The Kier molecular flexibility index (Phi) is 5.92. The van der Waals surface area contributed by atoms with E-state index in [1.165, 1.54) is 12.1 Å². The Morgan fingerprint density at radius 2 is 1.62 bits per heavy atom. The lowest BCUT2D eigenvalue weighted by Crippen LogP contribution is -2.35. The molecule has 7 nitrogen and oxygen atoms in total. The number of non-ortho nitro benzene ring substituents is 1. The summed E-state index contributed by atoms with van der Waals surface area (Å²) in [7, 11) is 0. The highest BCUT2D eigenvalue weighted by Crippen LogP contribution is 2.30. The summed E-state index contributed by atoms with van der Waals surface area (Å²) in [4.78, 5) is 18.9. The molecule has 8 heteroatoms. The highest BCUT2D eigenvalue weighted by atomic mass is 32.2. The van der Waals surface area contributed by atoms with E-state index in [1.807, 2.05) is 36.4 Å². The summed E-state index contributed by atoms with van der Waals surface area (Å²) in [5.74, 6) is 1.54. The fourth-order valence-corrected chi connectivity index (χ4v) is 3.69. The zero-order valence-corrected chi connectivity index (χ0v) is 16.4. The number of nitro groups is 1. The van der Waals surface area contributed by atoms with Crippen molar-refractivity contribution in [2.45, 2.75) is 9.79 Å². The van der Waals surface area contributed by atoms with E-state index in [-0.39, 0.29) is 5.69 Å². The zero-order valence-electron chi connectivity index (χ0n) is 15.6. The van der Waals surface area contributed by atoms with E-state index in [2.05, 4.69) is 9.89 Å². The molecular formula is C21H19N3O4S. The van der Waals surface area contributed by atoms with Crippen LogP contribution in [-0.2, 0) is 4.74 Å². The number of ether oxygens (including phenoxy) is 1. The van der Waals surface area contributed by atoms with E-state index in [0.29, 0.717) is 19.0 Å². The lowest BCUT2D eigenvalue weighted by molar-refractivity contribution is -0.384. The standard InChI is InChI=1S/C21H19N3O4S/c25-24(26)17-3-8-20(9-4-17)29-19-6-1-16(2-7-19)22-15-18-5-10-21(28-18)23-11-13-27-14-12-23/h1-10,15H,11-14H2. The maximum Gasteiger partial charge on any atom is 0.269 e. The number of hydrogen-bond donors (Lipinski definition) is 0. The van der Waals surface area contributed by atoms with E-state index in [4.69, 9.17) is 9.15 Å². The van der Waals surface area contributed by atoms with Gasteiger partial charge in [-0.3, -0.25) is 15.1 Å². The average Bonchev–Trinajstić information content (AvgIpc) is 3.23. The molecule has 1 saturated heterocycles. The molecule has 0 atom stereocenters. The summed E-state index contributed by atoms with van der Waals surface area (Å²) in [6.45, 7) is 3.10. The highest BCUT2D eigenvalue weighted by molar-refractivity contribution is 7.99. The molecule has 1 fully saturated rings. The maximum absolute atomic E-state index is 10.7. The normalized spacial score (nSPS) is 14.4. The molecule has 0 amide bonds. The molecule has 2 aromatic carbocycles. The van der Waals surface area contributed by atoms with Crippen LogP contribution in [0.1, 0.15) is 5.76 Å². The molecule has 1 aromatic heterocycles. The first-order valence-corrected chi connectivity index (χ1v) is 9.98. The van der Waals surface area contributed by atoms with Crippen LogP contribution in [-0.4, -0.2) is 37.4 Å². The predicted molar refractivity (Wildman–Crippen MR) is 113 cm³/mol. The number of anilines is 1. The molecule has 1 aliphatic heterocycles. The van der Waals surface area contributed by atoms with Gasteiger partial charge in [0.1, 0.15) is 5.76 Å². The van der Waals surface area contributed by atoms with Gasteiger partial charge in [0.25, 0.3) is 5.69 Å². The number of benzene rings is 2. The third kappa shape index (κ3) is 5.04. The Morgan fingerprint density at radius 3 is 2.28 bits per heavy atom. The zero-order chi connectivity index (χ0) is 20.1. The van der Waals surface area contributed by atoms with E-state index in [1.54, 1.807) is 30.1 Å². The summed E-state index contributed by atoms with van der Waals surface area (Å²) >= 11 is 1.54. The molecule has 4 rings (SSSR count). The third-order valence-electron chi connectivity index (χ3n) is 4.40. The first kappa shape index (κ1) is 19.2. The molecule has 0 bridgehead atoms. The predicted octanol–water partition coefficient (Wildman–Crippen LogP) is 4.93. The van der Waals surface area contributed by atoms with Crippen molar-refractivity contribution in [2.75, 3.05) is 31.2 Å². The molecule has 0 unspecified atom stereocenters. The van der Waals surface area contributed by atoms with E-state index in [0.717, 1.165) is 34.5 Å². The number of aliphatic imine (C=N–C) groups is 1. The Bertz CT molecular complexity index is 994. The van der Waals surface area contributed by atoms with Gasteiger partial charge in [-0.25, -0.2) is 0 Å². The van der Waals surface area contributed by atoms with Crippen molar-refractivity contribution in [3.63, 3.8) is 0 Å². The number of nitrogens with zero attached hydrogens (tertiary/aromatic N) is 3. The van der Waals surface area contributed by atoms with Crippen molar-refractivity contribution in [1.82, 2.24) is 0 Å². The van der Waals surface area contributed by atoms with E-state index >= 15 is 0 Å². The van der Waals surface area contributed by atoms with Gasteiger partial charge < -0.3 is 14.1 Å². The molecule has 148 valence electrons. The summed E-state index contributed by atoms with van der Waals surface area (Å²) < 4.78 is 11.2. The Labute approximate surface area is 172 Å². The summed E-state index contributed by atoms with van der Waals surface area (Å²) in [6, 6.07) is 18.2. The maximum atomic E-state index is 10.7. The lowest BCUT2D eigenvalue weighted by atomic mass is 10.3. The number of nitro benzene ring substituents is 1. The molecule has 0 spiro atoms. The van der Waals surface area contributed by atoms with Gasteiger partial charge in [-0.05, 0) is 42.5 Å². The third-order valence-corrected chi connectivity index (χ3v) is 5.41. The second kappa shape index (κ2) is 8.93. The van der Waals surface area contributed by atoms with Gasteiger partial charge >= 0.3 is 0 Å². The van der Waals surface area contributed by atoms with Crippen molar-refractivity contribution < 1.29 is 14.1 Å². The number of rotatable bonds is 6. The van der Waals surface area contributed by atoms with Crippen LogP contribution < -0.4 is 4.90 Å². The molecule has 0 radical (unpaired) electrons. The van der Waals surface area contributed by atoms with Gasteiger partial charge in [-0.15, -0.1) is 0 Å². The Morgan fingerprint density at radius 1 is 0.966 bits per heavy atom. The Balaban J connectivity index is 1.36. The van der Waals surface area contributed by atoms with Crippen LogP contribution in [0.2, 0.25) is 0 Å². The van der Waals surface area contributed by atoms with Gasteiger partial charge in [0.05, 0.1) is 30.0 Å². The van der Waals surface area contributed by atoms with Crippen LogP contribution in [0.25, 0.3) is 0 Å². The smallest absolute Gasteiger partial charge is 0.269 e. The first-order valence-electron chi connectivity index (χ1n) is 9.16.